The zero-order valence-electron chi connectivity index (χ0n) is 11.8. The minimum absolute atomic E-state index is 0.0852. The molecule has 0 unspecified atom stereocenters. The van der Waals surface area contributed by atoms with E-state index in [9.17, 15) is 8.78 Å². The smallest absolute Gasteiger partial charge is 0.201 e. The number of halogens is 3. The second kappa shape index (κ2) is 6.83. The predicted octanol–water partition coefficient (Wildman–Crippen LogP) is 4.76. The van der Waals surface area contributed by atoms with Crippen molar-refractivity contribution in [2.75, 3.05) is 0 Å². The number of rotatable bonds is 4. The lowest BCUT2D eigenvalue weighted by atomic mass is 10.1. The first-order valence-electron chi connectivity index (χ1n) is 6.78. The summed E-state index contributed by atoms with van der Waals surface area (Å²) in [6.07, 6.45) is 2.83. The molecule has 0 fully saturated rings. The van der Waals surface area contributed by atoms with Gasteiger partial charge in [-0.05, 0) is 33.6 Å². The summed E-state index contributed by atoms with van der Waals surface area (Å²) in [5, 5.41) is 0. The van der Waals surface area contributed by atoms with Crippen LogP contribution in [0.15, 0.2) is 59.6 Å². The Morgan fingerprint density at radius 3 is 2.30 bits per heavy atom. The highest BCUT2D eigenvalue weighted by molar-refractivity contribution is 9.10. The van der Waals surface area contributed by atoms with Crippen molar-refractivity contribution in [1.82, 2.24) is 9.97 Å². The first-order chi connectivity index (χ1) is 11.1. The van der Waals surface area contributed by atoms with Crippen LogP contribution in [0.3, 0.4) is 0 Å². The van der Waals surface area contributed by atoms with Gasteiger partial charge in [0.15, 0.2) is 16.3 Å². The van der Waals surface area contributed by atoms with Crippen molar-refractivity contribution in [3.05, 3.63) is 76.8 Å². The van der Waals surface area contributed by atoms with E-state index < -0.39 is 11.6 Å². The zero-order valence-corrected chi connectivity index (χ0v) is 13.4. The largest absolute Gasteiger partial charge is 0.486 e. The first kappa shape index (κ1) is 15.6. The fraction of sp³-hybridized carbons (Fsp3) is 0.0588. The van der Waals surface area contributed by atoms with Gasteiger partial charge in [-0.1, -0.05) is 30.3 Å². The molecule has 0 atom stereocenters. The third kappa shape index (κ3) is 3.53. The summed E-state index contributed by atoms with van der Waals surface area (Å²) >= 11 is 3.10. The Morgan fingerprint density at radius 1 is 0.913 bits per heavy atom. The van der Waals surface area contributed by atoms with Gasteiger partial charge < -0.3 is 4.74 Å². The molecular weight excluding hydrogens is 366 g/mol. The number of hydrogen-bond donors (Lipinski definition) is 0. The van der Waals surface area contributed by atoms with Gasteiger partial charge >= 0.3 is 0 Å². The van der Waals surface area contributed by atoms with Gasteiger partial charge in [0.2, 0.25) is 5.82 Å². The fourth-order valence-electron chi connectivity index (χ4n) is 2.05. The molecule has 2 aromatic carbocycles. The summed E-state index contributed by atoms with van der Waals surface area (Å²) in [7, 11) is 0. The van der Waals surface area contributed by atoms with Gasteiger partial charge in [0.05, 0.1) is 0 Å². The van der Waals surface area contributed by atoms with E-state index in [2.05, 4.69) is 25.9 Å². The second-order valence-electron chi connectivity index (χ2n) is 4.75. The van der Waals surface area contributed by atoms with Crippen molar-refractivity contribution >= 4 is 15.9 Å². The van der Waals surface area contributed by atoms with Crippen LogP contribution in [0.25, 0.3) is 11.1 Å². The van der Waals surface area contributed by atoms with Gasteiger partial charge in [-0.15, -0.1) is 0 Å². The molecule has 0 saturated carbocycles. The Morgan fingerprint density at radius 2 is 1.61 bits per heavy atom. The normalized spacial score (nSPS) is 10.6. The number of benzene rings is 2. The molecule has 0 saturated heterocycles. The van der Waals surface area contributed by atoms with Gasteiger partial charge in [-0.25, -0.2) is 14.4 Å². The van der Waals surface area contributed by atoms with Gasteiger partial charge in [0.25, 0.3) is 0 Å². The number of hydrogen-bond acceptors (Lipinski definition) is 3. The van der Waals surface area contributed by atoms with Crippen LogP contribution in [0.2, 0.25) is 0 Å². The highest BCUT2D eigenvalue weighted by Crippen LogP contribution is 2.29. The van der Waals surface area contributed by atoms with Crippen molar-refractivity contribution in [2.24, 2.45) is 0 Å². The SMILES string of the molecule is Fc1c(OCc2ccccc2)ccc(-c2cnc(Br)nc2)c1F. The van der Waals surface area contributed by atoms with E-state index in [0.717, 1.165) is 5.56 Å². The Hall–Kier alpha value is -2.34. The predicted molar refractivity (Wildman–Crippen MR) is 85.9 cm³/mol. The van der Waals surface area contributed by atoms with Crippen LogP contribution in [0.1, 0.15) is 5.56 Å². The van der Waals surface area contributed by atoms with E-state index in [0.29, 0.717) is 10.3 Å². The molecule has 116 valence electrons. The highest BCUT2D eigenvalue weighted by Gasteiger charge is 2.16. The molecule has 0 aliphatic heterocycles. The van der Waals surface area contributed by atoms with Crippen LogP contribution in [0, 0.1) is 11.6 Å². The molecule has 0 bridgehead atoms. The lowest BCUT2D eigenvalue weighted by molar-refractivity contribution is 0.285. The van der Waals surface area contributed by atoms with Gasteiger partial charge in [-0.3, -0.25) is 0 Å². The number of ether oxygens (including phenoxy) is 1. The van der Waals surface area contributed by atoms with E-state index in [1.807, 2.05) is 30.3 Å². The van der Waals surface area contributed by atoms with Crippen LogP contribution in [0.4, 0.5) is 8.78 Å². The van der Waals surface area contributed by atoms with Gasteiger partial charge in [0, 0.05) is 23.5 Å². The topological polar surface area (TPSA) is 35.0 Å². The zero-order chi connectivity index (χ0) is 16.2. The Balaban J connectivity index is 1.84. The molecule has 23 heavy (non-hydrogen) atoms. The van der Waals surface area contributed by atoms with E-state index in [-0.39, 0.29) is 17.9 Å². The maximum atomic E-state index is 14.3. The fourth-order valence-corrected chi connectivity index (χ4v) is 2.26. The monoisotopic (exact) mass is 376 g/mol. The molecular formula is C17H11BrF2N2O. The van der Waals surface area contributed by atoms with Crippen molar-refractivity contribution < 1.29 is 13.5 Å². The molecule has 1 heterocycles. The molecule has 0 amide bonds. The minimum atomic E-state index is -1.03. The third-order valence-electron chi connectivity index (χ3n) is 3.22. The number of nitrogens with zero attached hydrogens (tertiary/aromatic N) is 2. The van der Waals surface area contributed by atoms with E-state index >= 15 is 0 Å². The van der Waals surface area contributed by atoms with Crippen LogP contribution < -0.4 is 4.74 Å². The Kier molecular flexibility index (Phi) is 4.62. The quantitative estimate of drug-likeness (QED) is 0.615. The molecule has 0 radical (unpaired) electrons. The lowest BCUT2D eigenvalue weighted by Crippen LogP contribution is -2.00. The second-order valence-corrected chi connectivity index (χ2v) is 5.46. The molecule has 1 aromatic heterocycles. The van der Waals surface area contributed by atoms with E-state index in [1.165, 1.54) is 24.5 Å². The molecule has 6 heteroatoms. The first-order valence-corrected chi connectivity index (χ1v) is 7.57. The third-order valence-corrected chi connectivity index (χ3v) is 3.62. The summed E-state index contributed by atoms with van der Waals surface area (Å²) in [6, 6.07) is 12.1. The van der Waals surface area contributed by atoms with Crippen LogP contribution in [-0.2, 0) is 6.61 Å². The highest BCUT2D eigenvalue weighted by atomic mass is 79.9. The Bertz CT molecular complexity index is 811. The average Bonchev–Trinajstić information content (AvgIpc) is 2.58. The van der Waals surface area contributed by atoms with Crippen molar-refractivity contribution in [3.63, 3.8) is 0 Å². The van der Waals surface area contributed by atoms with E-state index in [4.69, 9.17) is 4.74 Å². The summed E-state index contributed by atoms with van der Waals surface area (Å²) in [4.78, 5) is 7.82. The standard InChI is InChI=1S/C17H11BrF2N2O/c18-17-21-8-12(9-22-17)13-6-7-14(16(20)15(13)19)23-10-11-4-2-1-3-5-11/h1-9H,10H2. The van der Waals surface area contributed by atoms with Gasteiger partial charge in [0.1, 0.15) is 6.61 Å². The van der Waals surface area contributed by atoms with Crippen LogP contribution in [0.5, 0.6) is 5.75 Å². The molecule has 0 aliphatic carbocycles. The van der Waals surface area contributed by atoms with Crippen molar-refractivity contribution in [2.45, 2.75) is 6.61 Å². The summed E-state index contributed by atoms with van der Waals surface area (Å²) < 4.78 is 34.2. The summed E-state index contributed by atoms with van der Waals surface area (Å²) in [5.74, 6) is -2.14. The molecule has 3 nitrogen and oxygen atoms in total. The maximum absolute atomic E-state index is 14.3. The van der Waals surface area contributed by atoms with Crippen LogP contribution >= 0.6 is 15.9 Å². The Labute approximate surface area is 140 Å². The minimum Gasteiger partial charge on any atom is -0.486 e. The lowest BCUT2D eigenvalue weighted by Gasteiger charge is -2.10. The molecule has 0 aliphatic rings. The molecule has 3 rings (SSSR count). The van der Waals surface area contributed by atoms with Gasteiger partial charge in [-0.2, -0.15) is 4.39 Å². The molecule has 3 aromatic rings. The van der Waals surface area contributed by atoms with Crippen LogP contribution in [-0.4, -0.2) is 9.97 Å². The summed E-state index contributed by atoms with van der Waals surface area (Å²) in [5.41, 5.74) is 1.35. The molecule has 0 N–H and O–H groups in total. The van der Waals surface area contributed by atoms with Crippen molar-refractivity contribution in [3.8, 4) is 16.9 Å². The van der Waals surface area contributed by atoms with E-state index in [1.54, 1.807) is 0 Å². The summed E-state index contributed by atoms with van der Waals surface area (Å²) in [6.45, 7) is 0.165. The number of aromatic nitrogens is 2. The van der Waals surface area contributed by atoms with Crippen molar-refractivity contribution in [1.29, 1.82) is 0 Å². The maximum Gasteiger partial charge on any atom is 0.201 e. The molecule has 0 spiro atoms. The average molecular weight is 377 g/mol.